The molecule has 0 aromatic heterocycles. The molecular formula is C12H12BrNS. The van der Waals surface area contributed by atoms with Crippen molar-refractivity contribution in [2.75, 3.05) is 12.3 Å². The Labute approximate surface area is 103 Å². The van der Waals surface area contributed by atoms with Gasteiger partial charge in [0.25, 0.3) is 0 Å². The molecule has 0 amide bonds. The lowest BCUT2D eigenvalue weighted by Crippen LogP contribution is -2.00. The molecule has 0 bridgehead atoms. The molecule has 1 aromatic carbocycles. The van der Waals surface area contributed by atoms with Crippen molar-refractivity contribution in [1.29, 1.82) is 0 Å². The molecule has 15 heavy (non-hydrogen) atoms. The number of hydrogen-bond acceptors (Lipinski definition) is 2. The molecule has 1 aliphatic heterocycles. The minimum Gasteiger partial charge on any atom is -0.278 e. The van der Waals surface area contributed by atoms with Gasteiger partial charge in [-0.05, 0) is 30.2 Å². The third-order valence-electron chi connectivity index (χ3n) is 2.11. The van der Waals surface area contributed by atoms with Gasteiger partial charge in [0.1, 0.15) is 0 Å². The topological polar surface area (TPSA) is 12.4 Å². The monoisotopic (exact) mass is 281 g/mol. The van der Waals surface area contributed by atoms with Crippen LogP contribution in [0.2, 0.25) is 0 Å². The van der Waals surface area contributed by atoms with Gasteiger partial charge in [0.05, 0.1) is 5.04 Å². The van der Waals surface area contributed by atoms with Crippen molar-refractivity contribution < 1.29 is 0 Å². The Balaban J connectivity index is 2.04. The third-order valence-corrected chi connectivity index (χ3v) is 3.69. The zero-order valence-electron chi connectivity index (χ0n) is 8.32. The van der Waals surface area contributed by atoms with Gasteiger partial charge < -0.3 is 0 Å². The van der Waals surface area contributed by atoms with Gasteiger partial charge in [0, 0.05) is 16.8 Å². The number of thioether (sulfide) groups is 1. The number of aliphatic imine (C=N–C) groups is 1. The molecule has 0 saturated carbocycles. The molecule has 0 aliphatic carbocycles. The first-order chi connectivity index (χ1) is 7.34. The number of rotatable bonds is 2. The normalized spacial score (nSPS) is 16.7. The van der Waals surface area contributed by atoms with Gasteiger partial charge in [-0.15, -0.1) is 11.8 Å². The molecule has 2 rings (SSSR count). The fraction of sp³-hybridized carbons (Fsp3) is 0.250. The fourth-order valence-corrected chi connectivity index (χ4v) is 2.41. The first kappa shape index (κ1) is 11.0. The van der Waals surface area contributed by atoms with E-state index in [0.29, 0.717) is 0 Å². The molecule has 0 N–H and O–H groups in total. The summed E-state index contributed by atoms with van der Waals surface area (Å²) in [5.74, 6) is 1.20. The van der Waals surface area contributed by atoms with Crippen molar-refractivity contribution in [2.24, 2.45) is 4.99 Å². The quantitative estimate of drug-likeness (QED) is 0.798. The van der Waals surface area contributed by atoms with Gasteiger partial charge in [0.15, 0.2) is 0 Å². The summed E-state index contributed by atoms with van der Waals surface area (Å²) in [6.45, 7) is 0.979. The van der Waals surface area contributed by atoms with Crippen molar-refractivity contribution in [1.82, 2.24) is 0 Å². The molecule has 1 aromatic rings. The molecule has 0 radical (unpaired) electrons. The predicted octanol–water partition coefficient (Wildman–Crippen LogP) is 4.00. The van der Waals surface area contributed by atoms with Gasteiger partial charge in [-0.1, -0.05) is 34.1 Å². The zero-order valence-corrected chi connectivity index (χ0v) is 10.7. The van der Waals surface area contributed by atoms with E-state index in [-0.39, 0.29) is 0 Å². The Hall–Kier alpha value is -0.540. The van der Waals surface area contributed by atoms with Crippen LogP contribution in [0.25, 0.3) is 6.08 Å². The Morgan fingerprint density at radius 1 is 1.20 bits per heavy atom. The van der Waals surface area contributed by atoms with E-state index in [9.17, 15) is 0 Å². The summed E-state index contributed by atoms with van der Waals surface area (Å²) in [5.41, 5.74) is 1.21. The molecule has 1 aliphatic rings. The molecule has 0 unspecified atom stereocenters. The largest absolute Gasteiger partial charge is 0.278 e. The van der Waals surface area contributed by atoms with E-state index in [1.807, 2.05) is 11.8 Å². The van der Waals surface area contributed by atoms with Gasteiger partial charge in [-0.25, -0.2) is 0 Å². The van der Waals surface area contributed by atoms with E-state index in [1.54, 1.807) is 0 Å². The summed E-state index contributed by atoms with van der Waals surface area (Å²) in [6.07, 6.45) is 5.43. The molecule has 78 valence electrons. The lowest BCUT2D eigenvalue weighted by atomic mass is 10.2. The van der Waals surface area contributed by atoms with Crippen LogP contribution in [0.3, 0.4) is 0 Å². The smallest absolute Gasteiger partial charge is 0.0904 e. The highest BCUT2D eigenvalue weighted by atomic mass is 79.9. The minimum atomic E-state index is 0.979. The maximum atomic E-state index is 4.45. The Kier molecular flexibility index (Phi) is 4.03. The van der Waals surface area contributed by atoms with Crippen LogP contribution in [0, 0.1) is 0 Å². The first-order valence-electron chi connectivity index (χ1n) is 4.95. The van der Waals surface area contributed by atoms with Crippen LogP contribution in [0.5, 0.6) is 0 Å². The standard InChI is InChI=1S/C12H12BrNS/c13-11-5-2-10(3-6-11)4-7-12-14-8-1-9-15-12/h2-7H,1,8-9H2. The van der Waals surface area contributed by atoms with Crippen LogP contribution in [0.15, 0.2) is 39.8 Å². The van der Waals surface area contributed by atoms with Gasteiger partial charge in [-0.2, -0.15) is 0 Å². The van der Waals surface area contributed by atoms with Crippen molar-refractivity contribution >= 4 is 38.8 Å². The highest BCUT2D eigenvalue weighted by Gasteiger charge is 2.01. The highest BCUT2D eigenvalue weighted by molar-refractivity contribution is 9.10. The van der Waals surface area contributed by atoms with E-state index in [2.05, 4.69) is 57.3 Å². The third kappa shape index (κ3) is 3.50. The van der Waals surface area contributed by atoms with Crippen LogP contribution in [0.1, 0.15) is 12.0 Å². The lowest BCUT2D eigenvalue weighted by molar-refractivity contribution is 0.940. The molecular weight excluding hydrogens is 270 g/mol. The average molecular weight is 282 g/mol. The lowest BCUT2D eigenvalue weighted by Gasteiger charge is -2.06. The van der Waals surface area contributed by atoms with Crippen molar-refractivity contribution in [3.63, 3.8) is 0 Å². The maximum absolute atomic E-state index is 4.45. The Morgan fingerprint density at radius 3 is 2.67 bits per heavy atom. The summed E-state index contributed by atoms with van der Waals surface area (Å²) in [4.78, 5) is 4.45. The van der Waals surface area contributed by atoms with Crippen LogP contribution in [-0.2, 0) is 0 Å². The van der Waals surface area contributed by atoms with Crippen molar-refractivity contribution in [2.45, 2.75) is 6.42 Å². The predicted molar refractivity (Wildman–Crippen MR) is 72.6 cm³/mol. The number of benzene rings is 1. The molecule has 0 saturated heterocycles. The summed E-state index contributed by atoms with van der Waals surface area (Å²) < 4.78 is 1.11. The molecule has 3 heteroatoms. The van der Waals surface area contributed by atoms with Gasteiger partial charge >= 0.3 is 0 Å². The summed E-state index contributed by atoms with van der Waals surface area (Å²) in [6, 6.07) is 8.29. The van der Waals surface area contributed by atoms with Crippen LogP contribution < -0.4 is 0 Å². The Bertz CT molecular complexity index is 381. The molecule has 0 fully saturated rings. The average Bonchev–Trinajstić information content (AvgIpc) is 2.30. The van der Waals surface area contributed by atoms with E-state index < -0.39 is 0 Å². The summed E-state index contributed by atoms with van der Waals surface area (Å²) in [7, 11) is 0. The first-order valence-corrected chi connectivity index (χ1v) is 6.73. The van der Waals surface area contributed by atoms with E-state index in [4.69, 9.17) is 0 Å². The second-order valence-corrected chi connectivity index (χ2v) is 5.34. The second kappa shape index (κ2) is 5.52. The van der Waals surface area contributed by atoms with E-state index in [0.717, 1.165) is 16.1 Å². The number of halogens is 1. The van der Waals surface area contributed by atoms with Crippen LogP contribution in [-0.4, -0.2) is 17.3 Å². The Morgan fingerprint density at radius 2 is 2.00 bits per heavy atom. The van der Waals surface area contributed by atoms with Gasteiger partial charge in [-0.3, -0.25) is 4.99 Å². The number of hydrogen-bond donors (Lipinski definition) is 0. The minimum absolute atomic E-state index is 0.979. The molecule has 1 heterocycles. The maximum Gasteiger partial charge on any atom is 0.0904 e. The summed E-state index contributed by atoms with van der Waals surface area (Å²) in [5, 5.41) is 1.16. The highest BCUT2D eigenvalue weighted by Crippen LogP contribution is 2.15. The van der Waals surface area contributed by atoms with E-state index in [1.165, 1.54) is 17.7 Å². The van der Waals surface area contributed by atoms with Crippen molar-refractivity contribution in [3.05, 3.63) is 40.4 Å². The SMILES string of the molecule is Brc1ccc(C=CC2=NCCCS2)cc1. The summed E-state index contributed by atoms with van der Waals surface area (Å²) >= 11 is 5.26. The van der Waals surface area contributed by atoms with Gasteiger partial charge in [0.2, 0.25) is 0 Å². The van der Waals surface area contributed by atoms with Crippen LogP contribution >= 0.6 is 27.7 Å². The molecule has 0 spiro atoms. The molecule has 0 atom stereocenters. The molecule has 1 nitrogen and oxygen atoms in total. The van der Waals surface area contributed by atoms with Crippen molar-refractivity contribution in [3.8, 4) is 0 Å². The fourth-order valence-electron chi connectivity index (χ4n) is 1.32. The van der Waals surface area contributed by atoms with E-state index >= 15 is 0 Å². The number of nitrogens with zero attached hydrogens (tertiary/aromatic N) is 1. The second-order valence-electron chi connectivity index (χ2n) is 3.31. The zero-order chi connectivity index (χ0) is 10.5. The van der Waals surface area contributed by atoms with Crippen LogP contribution in [0.4, 0.5) is 0 Å².